The molecule has 6 heteroatoms. The lowest BCUT2D eigenvalue weighted by Gasteiger charge is -2.11. The van der Waals surface area contributed by atoms with E-state index in [4.69, 9.17) is 9.84 Å². The molecule has 2 N–H and O–H groups in total. The van der Waals surface area contributed by atoms with E-state index in [1.54, 1.807) is 6.92 Å². The fraction of sp³-hybridized carbons (Fsp3) is 0.353. The molecular formula is C17H20O6. The summed E-state index contributed by atoms with van der Waals surface area (Å²) in [5.41, 5.74) is 1.03. The van der Waals surface area contributed by atoms with E-state index in [2.05, 4.69) is 0 Å². The van der Waals surface area contributed by atoms with Gasteiger partial charge in [0.25, 0.3) is 0 Å². The lowest BCUT2D eigenvalue weighted by atomic mass is 9.95. The molecule has 0 fully saturated rings. The number of ether oxygens (including phenoxy) is 1. The van der Waals surface area contributed by atoms with Crippen LogP contribution in [0.5, 0.6) is 0 Å². The monoisotopic (exact) mass is 320 g/mol. The summed E-state index contributed by atoms with van der Waals surface area (Å²) in [6, 6.07) is 9.37. The Balaban J connectivity index is 3.00. The number of aliphatic carboxylic acids is 2. The van der Waals surface area contributed by atoms with Crippen molar-refractivity contribution in [3.63, 3.8) is 0 Å². The van der Waals surface area contributed by atoms with Gasteiger partial charge in [-0.1, -0.05) is 30.3 Å². The molecule has 0 aromatic heterocycles. The van der Waals surface area contributed by atoms with Crippen LogP contribution in [0.1, 0.15) is 31.7 Å². The van der Waals surface area contributed by atoms with Gasteiger partial charge < -0.3 is 14.9 Å². The Bertz CT molecular complexity index is 588. The van der Waals surface area contributed by atoms with Crippen molar-refractivity contribution in [1.82, 2.24) is 0 Å². The maximum atomic E-state index is 11.7. The lowest BCUT2D eigenvalue weighted by Crippen LogP contribution is -2.14. The Morgan fingerprint density at radius 1 is 1.04 bits per heavy atom. The highest BCUT2D eigenvalue weighted by atomic mass is 16.5. The number of carbonyl (C=O) groups is 3. The number of hydrogen-bond donors (Lipinski definition) is 2. The predicted molar refractivity (Wildman–Crippen MR) is 82.9 cm³/mol. The molecule has 6 nitrogen and oxygen atoms in total. The van der Waals surface area contributed by atoms with Crippen LogP contribution in [0.2, 0.25) is 0 Å². The van der Waals surface area contributed by atoms with Crippen molar-refractivity contribution in [3.05, 3.63) is 47.0 Å². The molecule has 0 saturated carbocycles. The maximum Gasteiger partial charge on any atom is 0.332 e. The van der Waals surface area contributed by atoms with E-state index < -0.39 is 24.3 Å². The van der Waals surface area contributed by atoms with Crippen molar-refractivity contribution in [1.29, 1.82) is 0 Å². The Labute approximate surface area is 134 Å². The van der Waals surface area contributed by atoms with Crippen LogP contribution in [0.4, 0.5) is 0 Å². The molecule has 1 aromatic carbocycles. The van der Waals surface area contributed by atoms with E-state index in [9.17, 15) is 19.5 Å². The van der Waals surface area contributed by atoms with Crippen molar-refractivity contribution in [2.24, 2.45) is 0 Å². The van der Waals surface area contributed by atoms with Crippen molar-refractivity contribution in [2.75, 3.05) is 6.61 Å². The topological polar surface area (TPSA) is 101 Å². The fourth-order valence-electron chi connectivity index (χ4n) is 2.18. The van der Waals surface area contributed by atoms with Crippen molar-refractivity contribution < 1.29 is 29.3 Å². The maximum absolute atomic E-state index is 11.7. The standard InChI is InChI=1S/C17H20O6/c1-2-23-16(20)10-13(14(17(21)22)11-15(18)19)9-8-12-6-4-3-5-7-12/h3-7H,2,8-11H2,1H3,(H,18,19)(H,21,22). The van der Waals surface area contributed by atoms with Gasteiger partial charge in [0.1, 0.15) is 0 Å². The van der Waals surface area contributed by atoms with Gasteiger partial charge in [-0.2, -0.15) is 0 Å². The number of esters is 1. The molecule has 0 aliphatic rings. The van der Waals surface area contributed by atoms with E-state index >= 15 is 0 Å². The number of rotatable bonds is 9. The first-order chi connectivity index (χ1) is 10.9. The zero-order chi connectivity index (χ0) is 17.2. The normalized spacial score (nSPS) is 11.5. The van der Waals surface area contributed by atoms with Crippen molar-refractivity contribution in [3.8, 4) is 0 Å². The minimum Gasteiger partial charge on any atom is -0.481 e. The summed E-state index contributed by atoms with van der Waals surface area (Å²) in [6.07, 6.45) is -0.0296. The number of carboxylic acid groups (broad SMARTS) is 2. The summed E-state index contributed by atoms with van der Waals surface area (Å²) in [5, 5.41) is 18.1. The molecule has 124 valence electrons. The van der Waals surface area contributed by atoms with Crippen LogP contribution in [0, 0.1) is 0 Å². The van der Waals surface area contributed by atoms with Crippen molar-refractivity contribution >= 4 is 17.9 Å². The van der Waals surface area contributed by atoms with Gasteiger partial charge in [-0.05, 0) is 30.9 Å². The summed E-state index contributed by atoms with van der Waals surface area (Å²) < 4.78 is 4.85. The molecule has 1 aromatic rings. The quantitative estimate of drug-likeness (QED) is 0.535. The molecule has 23 heavy (non-hydrogen) atoms. The Kier molecular flexibility index (Phi) is 7.53. The van der Waals surface area contributed by atoms with Gasteiger partial charge in [0.2, 0.25) is 0 Å². The first kappa shape index (κ1) is 18.4. The molecule has 0 atom stereocenters. The van der Waals surface area contributed by atoms with E-state index in [1.165, 1.54) is 0 Å². The predicted octanol–water partition coefficient (Wildman–Crippen LogP) is 2.43. The molecule has 0 amide bonds. The van der Waals surface area contributed by atoms with Crippen LogP contribution in [0.25, 0.3) is 0 Å². The van der Waals surface area contributed by atoms with Crippen LogP contribution in [0.15, 0.2) is 41.5 Å². The highest BCUT2D eigenvalue weighted by Gasteiger charge is 2.20. The first-order valence-corrected chi connectivity index (χ1v) is 7.29. The Morgan fingerprint density at radius 3 is 2.22 bits per heavy atom. The Morgan fingerprint density at radius 2 is 1.70 bits per heavy atom. The second kappa shape index (κ2) is 9.40. The average Bonchev–Trinajstić information content (AvgIpc) is 2.50. The molecule has 0 heterocycles. The molecule has 0 spiro atoms. The Hall–Kier alpha value is -2.63. The van der Waals surface area contributed by atoms with Gasteiger partial charge in [-0.25, -0.2) is 4.79 Å². The lowest BCUT2D eigenvalue weighted by molar-refractivity contribution is -0.142. The third kappa shape index (κ3) is 6.78. The van der Waals surface area contributed by atoms with Crippen LogP contribution < -0.4 is 0 Å². The van der Waals surface area contributed by atoms with Crippen LogP contribution >= 0.6 is 0 Å². The van der Waals surface area contributed by atoms with Gasteiger partial charge >= 0.3 is 17.9 Å². The molecule has 0 aliphatic heterocycles. The largest absolute Gasteiger partial charge is 0.481 e. The molecule has 0 unspecified atom stereocenters. The first-order valence-electron chi connectivity index (χ1n) is 7.29. The number of aryl methyl sites for hydroxylation is 1. The summed E-state index contributed by atoms with van der Waals surface area (Å²) in [6.45, 7) is 1.84. The highest BCUT2D eigenvalue weighted by molar-refractivity contribution is 5.93. The van der Waals surface area contributed by atoms with E-state index in [0.717, 1.165) is 5.56 Å². The SMILES string of the molecule is CCOC(=O)CC(CCc1ccccc1)=C(CC(=O)O)C(=O)O. The van der Waals surface area contributed by atoms with Gasteiger partial charge in [-0.3, -0.25) is 9.59 Å². The molecule has 0 bridgehead atoms. The van der Waals surface area contributed by atoms with E-state index in [-0.39, 0.29) is 25.0 Å². The van der Waals surface area contributed by atoms with Gasteiger partial charge in [0.15, 0.2) is 0 Å². The van der Waals surface area contributed by atoms with E-state index in [1.807, 2.05) is 30.3 Å². The molecule has 1 rings (SSSR count). The number of benzene rings is 1. The fourth-order valence-corrected chi connectivity index (χ4v) is 2.18. The highest BCUT2D eigenvalue weighted by Crippen LogP contribution is 2.20. The summed E-state index contributed by atoms with van der Waals surface area (Å²) >= 11 is 0. The summed E-state index contributed by atoms with van der Waals surface area (Å²) in [4.78, 5) is 33.9. The molecule has 0 radical (unpaired) electrons. The molecular weight excluding hydrogens is 300 g/mol. The number of carboxylic acids is 2. The zero-order valence-corrected chi connectivity index (χ0v) is 12.9. The smallest absolute Gasteiger partial charge is 0.332 e. The number of hydrogen-bond acceptors (Lipinski definition) is 4. The van der Waals surface area contributed by atoms with Crippen LogP contribution in [-0.4, -0.2) is 34.7 Å². The zero-order valence-electron chi connectivity index (χ0n) is 12.9. The average molecular weight is 320 g/mol. The van der Waals surface area contributed by atoms with Crippen LogP contribution in [-0.2, 0) is 25.5 Å². The minimum absolute atomic E-state index is 0.187. The second-order valence-electron chi connectivity index (χ2n) is 4.93. The van der Waals surface area contributed by atoms with Crippen molar-refractivity contribution in [2.45, 2.75) is 32.6 Å². The summed E-state index contributed by atoms with van der Waals surface area (Å²) in [5.74, 6) is -3.12. The van der Waals surface area contributed by atoms with Crippen LogP contribution in [0.3, 0.4) is 0 Å². The van der Waals surface area contributed by atoms with Gasteiger partial charge in [-0.15, -0.1) is 0 Å². The minimum atomic E-state index is -1.32. The van der Waals surface area contributed by atoms with E-state index in [0.29, 0.717) is 12.0 Å². The summed E-state index contributed by atoms with van der Waals surface area (Å²) in [7, 11) is 0. The second-order valence-corrected chi connectivity index (χ2v) is 4.93. The molecule has 0 aliphatic carbocycles. The molecule has 0 saturated heterocycles. The van der Waals surface area contributed by atoms with Gasteiger partial charge in [0, 0.05) is 5.57 Å². The third-order valence-electron chi connectivity index (χ3n) is 3.23. The third-order valence-corrected chi connectivity index (χ3v) is 3.23. The number of carbonyl (C=O) groups excluding carboxylic acids is 1. The van der Waals surface area contributed by atoms with Gasteiger partial charge in [0.05, 0.1) is 19.4 Å².